The third-order valence-electron chi connectivity index (χ3n) is 3.04. The first-order valence-electron chi connectivity index (χ1n) is 7.54. The fourth-order valence-corrected chi connectivity index (χ4v) is 1.92. The number of carbonyl (C=O) groups excluding carboxylic acids is 3. The van der Waals surface area contributed by atoms with Crippen molar-refractivity contribution in [2.24, 2.45) is 0 Å². The molecule has 0 atom stereocenters. The minimum atomic E-state index is -0.501. The highest BCUT2D eigenvalue weighted by Gasteiger charge is 2.11. The summed E-state index contributed by atoms with van der Waals surface area (Å²) in [7, 11) is 1.49. The Bertz CT molecular complexity index is 636. The van der Waals surface area contributed by atoms with Crippen LogP contribution in [-0.4, -0.2) is 43.2 Å². The molecule has 136 valence electrons. The van der Waals surface area contributed by atoms with E-state index in [9.17, 15) is 14.4 Å². The number of aryl methyl sites for hydroxylation is 1. The number of amides is 2. The molecule has 0 aromatic heterocycles. The van der Waals surface area contributed by atoms with Gasteiger partial charge in [0.1, 0.15) is 6.61 Å². The molecule has 1 aromatic rings. The number of ether oxygens (including phenoxy) is 2. The largest absolute Gasteiger partial charge is 0.463 e. The van der Waals surface area contributed by atoms with Crippen molar-refractivity contribution in [2.45, 2.75) is 19.8 Å². The number of hydrogen-bond donors (Lipinski definition) is 3. The van der Waals surface area contributed by atoms with Gasteiger partial charge in [0.05, 0.1) is 13.0 Å². The first-order chi connectivity index (χ1) is 11.9. The molecule has 0 spiro atoms. The lowest BCUT2D eigenvalue weighted by molar-refractivity contribution is -0.146. The number of hydrogen-bond acceptors (Lipinski definition) is 6. The minimum absolute atomic E-state index is 0.0697. The molecule has 8 nitrogen and oxygen atoms in total. The Morgan fingerprint density at radius 1 is 1.08 bits per heavy atom. The Morgan fingerprint density at radius 3 is 2.48 bits per heavy atom. The molecule has 0 saturated carbocycles. The van der Waals surface area contributed by atoms with E-state index in [0.717, 1.165) is 5.56 Å². The van der Waals surface area contributed by atoms with Crippen LogP contribution in [0.3, 0.4) is 0 Å². The van der Waals surface area contributed by atoms with Gasteiger partial charge in [-0.1, -0.05) is 18.2 Å². The van der Waals surface area contributed by atoms with Crippen molar-refractivity contribution in [3.63, 3.8) is 0 Å². The molecule has 9 heteroatoms. The first kappa shape index (κ1) is 20.5. The summed E-state index contributed by atoms with van der Waals surface area (Å²) in [6, 6.07) is 7.04. The predicted molar refractivity (Wildman–Crippen MR) is 94.6 cm³/mol. The predicted octanol–water partition coefficient (Wildman–Crippen LogP) is 0.600. The van der Waals surface area contributed by atoms with E-state index in [1.54, 1.807) is 25.1 Å². The van der Waals surface area contributed by atoms with Crippen LogP contribution in [0.5, 0.6) is 0 Å². The van der Waals surface area contributed by atoms with Crippen molar-refractivity contribution in [3.8, 4) is 0 Å². The summed E-state index contributed by atoms with van der Waals surface area (Å²) in [5.74, 6) is -1.35. The van der Waals surface area contributed by atoms with Crippen LogP contribution in [0.4, 0.5) is 0 Å². The highest BCUT2D eigenvalue weighted by atomic mass is 32.1. The number of carbonyl (C=O) groups is 3. The molecule has 0 saturated heterocycles. The molecular weight excluding hydrogens is 346 g/mol. The summed E-state index contributed by atoms with van der Waals surface area (Å²) in [4.78, 5) is 35.0. The molecule has 0 fully saturated rings. The van der Waals surface area contributed by atoms with Crippen molar-refractivity contribution in [2.75, 3.05) is 20.3 Å². The molecule has 0 aliphatic heterocycles. The quantitative estimate of drug-likeness (QED) is 0.280. The Hall–Kier alpha value is -2.52. The molecule has 0 aliphatic carbocycles. The van der Waals surface area contributed by atoms with Crippen LogP contribution in [0.2, 0.25) is 0 Å². The summed E-state index contributed by atoms with van der Waals surface area (Å²) < 4.78 is 9.57. The number of methoxy groups -OCH3 is 1. The Morgan fingerprint density at radius 2 is 1.80 bits per heavy atom. The fourth-order valence-electron chi connectivity index (χ4n) is 1.76. The molecule has 0 bridgehead atoms. The van der Waals surface area contributed by atoms with E-state index in [1.165, 1.54) is 7.11 Å². The number of esters is 1. The maximum Gasteiger partial charge on any atom is 0.306 e. The third kappa shape index (κ3) is 8.23. The van der Waals surface area contributed by atoms with E-state index in [-0.39, 0.29) is 30.5 Å². The van der Waals surface area contributed by atoms with Crippen molar-refractivity contribution < 1.29 is 23.9 Å². The van der Waals surface area contributed by atoms with Gasteiger partial charge in [0, 0.05) is 19.1 Å². The van der Waals surface area contributed by atoms with Gasteiger partial charge in [-0.2, -0.15) is 0 Å². The standard InChI is InChI=1S/C16H21N3O5S/c1-11-5-3-4-6-12(11)15(22)18-19-16(25)17-13(20)7-8-14(21)24-10-9-23-2/h3-6H,7-10H2,1-2H3,(H,18,22)(H2,17,19,20,25). The van der Waals surface area contributed by atoms with Gasteiger partial charge in [0.2, 0.25) is 5.91 Å². The van der Waals surface area contributed by atoms with E-state index < -0.39 is 11.9 Å². The fraction of sp³-hybridized carbons (Fsp3) is 0.375. The maximum absolute atomic E-state index is 12.0. The van der Waals surface area contributed by atoms with Crippen LogP contribution < -0.4 is 16.2 Å². The Balaban J connectivity index is 2.27. The van der Waals surface area contributed by atoms with Gasteiger partial charge >= 0.3 is 5.97 Å². The number of hydrazine groups is 1. The van der Waals surface area contributed by atoms with E-state index in [4.69, 9.17) is 21.7 Å². The SMILES string of the molecule is COCCOC(=O)CCC(=O)NC(=S)NNC(=O)c1ccccc1C. The second kappa shape index (κ2) is 11.1. The van der Waals surface area contributed by atoms with Crippen molar-refractivity contribution >= 4 is 35.1 Å². The van der Waals surface area contributed by atoms with Crippen LogP contribution in [0.1, 0.15) is 28.8 Å². The Kier molecular flexibility index (Phi) is 9.12. The lowest BCUT2D eigenvalue weighted by atomic mass is 10.1. The van der Waals surface area contributed by atoms with E-state index in [2.05, 4.69) is 16.2 Å². The summed E-state index contributed by atoms with van der Waals surface area (Å²) >= 11 is 4.91. The number of rotatable bonds is 7. The summed E-state index contributed by atoms with van der Waals surface area (Å²) in [5, 5.41) is 2.29. The topological polar surface area (TPSA) is 106 Å². The smallest absolute Gasteiger partial charge is 0.306 e. The van der Waals surface area contributed by atoms with E-state index in [0.29, 0.717) is 12.2 Å². The number of benzene rings is 1. The van der Waals surface area contributed by atoms with Gasteiger partial charge in [-0.15, -0.1) is 0 Å². The third-order valence-corrected chi connectivity index (χ3v) is 3.24. The molecule has 3 N–H and O–H groups in total. The summed E-state index contributed by atoms with van der Waals surface area (Å²) in [6.07, 6.45) is -0.160. The van der Waals surface area contributed by atoms with Crippen LogP contribution in [0, 0.1) is 6.92 Å². The zero-order valence-electron chi connectivity index (χ0n) is 14.1. The zero-order chi connectivity index (χ0) is 18.7. The maximum atomic E-state index is 12.0. The van der Waals surface area contributed by atoms with Gasteiger partial charge < -0.3 is 14.8 Å². The van der Waals surface area contributed by atoms with Crippen LogP contribution in [0.15, 0.2) is 24.3 Å². The van der Waals surface area contributed by atoms with Crippen LogP contribution >= 0.6 is 12.2 Å². The van der Waals surface area contributed by atoms with Gasteiger partial charge in [-0.25, -0.2) is 0 Å². The molecule has 0 heterocycles. The summed E-state index contributed by atoms with van der Waals surface area (Å²) in [6.45, 7) is 2.25. The molecule has 0 aliphatic rings. The Labute approximate surface area is 151 Å². The van der Waals surface area contributed by atoms with Crippen molar-refractivity contribution in [1.29, 1.82) is 0 Å². The molecule has 25 heavy (non-hydrogen) atoms. The lowest BCUT2D eigenvalue weighted by Crippen LogP contribution is -2.48. The average Bonchev–Trinajstić information content (AvgIpc) is 2.58. The molecular formula is C16H21N3O5S. The molecule has 1 aromatic carbocycles. The highest BCUT2D eigenvalue weighted by molar-refractivity contribution is 7.80. The van der Waals surface area contributed by atoms with Crippen molar-refractivity contribution in [1.82, 2.24) is 16.2 Å². The van der Waals surface area contributed by atoms with E-state index >= 15 is 0 Å². The number of nitrogens with one attached hydrogen (secondary N) is 3. The first-order valence-corrected chi connectivity index (χ1v) is 7.95. The van der Waals surface area contributed by atoms with Gasteiger partial charge in [0.25, 0.3) is 5.91 Å². The van der Waals surface area contributed by atoms with Crippen LogP contribution in [-0.2, 0) is 19.1 Å². The second-order valence-electron chi connectivity index (χ2n) is 4.98. The summed E-state index contributed by atoms with van der Waals surface area (Å²) in [5.41, 5.74) is 6.13. The highest BCUT2D eigenvalue weighted by Crippen LogP contribution is 2.05. The molecule has 0 radical (unpaired) electrons. The van der Waals surface area contributed by atoms with E-state index in [1.807, 2.05) is 6.07 Å². The minimum Gasteiger partial charge on any atom is -0.463 e. The molecule has 2 amide bonds. The number of thiocarbonyl (C=S) groups is 1. The van der Waals surface area contributed by atoms with Gasteiger partial charge in [-0.3, -0.25) is 25.2 Å². The van der Waals surface area contributed by atoms with Gasteiger partial charge in [0.15, 0.2) is 5.11 Å². The zero-order valence-corrected chi connectivity index (χ0v) is 14.9. The van der Waals surface area contributed by atoms with Crippen LogP contribution in [0.25, 0.3) is 0 Å². The normalized spacial score (nSPS) is 9.84. The lowest BCUT2D eigenvalue weighted by Gasteiger charge is -2.11. The second-order valence-corrected chi connectivity index (χ2v) is 5.39. The average molecular weight is 367 g/mol. The molecule has 1 rings (SSSR count). The van der Waals surface area contributed by atoms with Gasteiger partial charge in [-0.05, 0) is 30.8 Å². The molecule has 0 unspecified atom stereocenters. The monoisotopic (exact) mass is 367 g/mol. The van der Waals surface area contributed by atoms with Crippen molar-refractivity contribution in [3.05, 3.63) is 35.4 Å².